The molecular weight excluding hydrogens is 254 g/mol. The highest BCUT2D eigenvalue weighted by Gasteiger charge is 2.54. The van der Waals surface area contributed by atoms with Gasteiger partial charge < -0.3 is 10.4 Å². The van der Waals surface area contributed by atoms with Gasteiger partial charge in [0.1, 0.15) is 0 Å². The third kappa shape index (κ3) is 2.23. The van der Waals surface area contributed by atoms with Gasteiger partial charge in [-0.15, -0.1) is 0 Å². The fourth-order valence-electron chi connectivity index (χ4n) is 5.09. The van der Waals surface area contributed by atoms with Crippen LogP contribution in [-0.2, 0) is 9.59 Å². The number of carbonyl (C=O) groups excluding carboxylic acids is 1. The molecule has 4 rings (SSSR count). The number of rotatable bonds is 4. The van der Waals surface area contributed by atoms with Crippen LogP contribution in [0.15, 0.2) is 0 Å². The average molecular weight is 279 g/mol. The van der Waals surface area contributed by atoms with Gasteiger partial charge in [0, 0.05) is 11.5 Å². The number of carboxylic acid groups (broad SMARTS) is 1. The zero-order valence-electron chi connectivity index (χ0n) is 12.4. The van der Waals surface area contributed by atoms with Gasteiger partial charge in [0.15, 0.2) is 0 Å². The quantitative estimate of drug-likeness (QED) is 0.830. The van der Waals surface area contributed by atoms with E-state index in [1.54, 1.807) is 13.8 Å². The molecule has 0 saturated heterocycles. The molecule has 0 spiro atoms. The SMILES string of the molecule is CC(NC(=O)C12CC3CC(CC(C3)C1)C2)C(C)C(=O)O. The van der Waals surface area contributed by atoms with Gasteiger partial charge in [-0.2, -0.15) is 0 Å². The molecule has 4 bridgehead atoms. The molecule has 0 radical (unpaired) electrons. The Labute approximate surface area is 120 Å². The second-order valence-electron chi connectivity index (χ2n) is 7.59. The summed E-state index contributed by atoms with van der Waals surface area (Å²) >= 11 is 0. The molecule has 0 heterocycles. The average Bonchev–Trinajstić information content (AvgIpc) is 2.35. The summed E-state index contributed by atoms with van der Waals surface area (Å²) in [6.45, 7) is 3.46. The van der Waals surface area contributed by atoms with Crippen molar-refractivity contribution < 1.29 is 14.7 Å². The standard InChI is InChI=1S/C16H25NO3/c1-9(14(18)19)10(2)17-15(20)16-6-11-3-12(7-16)5-13(4-11)8-16/h9-13H,3-8H2,1-2H3,(H,17,20)(H,18,19). The molecule has 4 heteroatoms. The van der Waals surface area contributed by atoms with E-state index >= 15 is 0 Å². The lowest BCUT2D eigenvalue weighted by Gasteiger charge is -2.55. The normalized spacial score (nSPS) is 41.2. The van der Waals surface area contributed by atoms with Crippen molar-refractivity contribution >= 4 is 11.9 Å². The number of hydrogen-bond acceptors (Lipinski definition) is 2. The van der Waals surface area contributed by atoms with Crippen LogP contribution >= 0.6 is 0 Å². The van der Waals surface area contributed by atoms with E-state index in [1.165, 1.54) is 19.3 Å². The number of carboxylic acids is 1. The molecule has 4 saturated carbocycles. The third-order valence-corrected chi connectivity index (χ3v) is 6.02. The number of aliphatic carboxylic acids is 1. The van der Waals surface area contributed by atoms with Crippen LogP contribution in [0, 0.1) is 29.1 Å². The predicted molar refractivity (Wildman–Crippen MR) is 75.0 cm³/mol. The van der Waals surface area contributed by atoms with E-state index in [0.29, 0.717) is 0 Å². The summed E-state index contributed by atoms with van der Waals surface area (Å²) in [5, 5.41) is 12.0. The van der Waals surface area contributed by atoms with Crippen molar-refractivity contribution in [2.75, 3.05) is 0 Å². The van der Waals surface area contributed by atoms with Crippen LogP contribution in [-0.4, -0.2) is 23.0 Å². The zero-order chi connectivity index (χ0) is 14.5. The van der Waals surface area contributed by atoms with Crippen molar-refractivity contribution in [1.82, 2.24) is 5.32 Å². The molecule has 4 aliphatic carbocycles. The van der Waals surface area contributed by atoms with Crippen LogP contribution in [0.5, 0.6) is 0 Å². The second-order valence-corrected chi connectivity index (χ2v) is 7.59. The molecule has 20 heavy (non-hydrogen) atoms. The lowest BCUT2D eigenvalue weighted by atomic mass is 9.49. The van der Waals surface area contributed by atoms with E-state index in [4.69, 9.17) is 5.11 Å². The minimum atomic E-state index is -0.844. The van der Waals surface area contributed by atoms with Crippen LogP contribution in [0.2, 0.25) is 0 Å². The highest BCUT2D eigenvalue weighted by atomic mass is 16.4. The van der Waals surface area contributed by atoms with Crippen molar-refractivity contribution in [3.63, 3.8) is 0 Å². The third-order valence-electron chi connectivity index (χ3n) is 6.02. The van der Waals surface area contributed by atoms with Gasteiger partial charge in [0.2, 0.25) is 5.91 Å². The lowest BCUT2D eigenvalue weighted by molar-refractivity contribution is -0.148. The van der Waals surface area contributed by atoms with Gasteiger partial charge in [-0.1, -0.05) is 0 Å². The Morgan fingerprint density at radius 3 is 1.90 bits per heavy atom. The number of carbonyl (C=O) groups is 2. The zero-order valence-corrected chi connectivity index (χ0v) is 12.4. The Bertz CT molecular complexity index is 396. The predicted octanol–water partition coefficient (Wildman–Crippen LogP) is 2.43. The Balaban J connectivity index is 1.69. The van der Waals surface area contributed by atoms with Gasteiger partial charge in [-0.05, 0) is 70.1 Å². The maximum Gasteiger partial charge on any atom is 0.308 e. The van der Waals surface area contributed by atoms with Crippen LogP contribution in [0.4, 0.5) is 0 Å². The summed E-state index contributed by atoms with van der Waals surface area (Å²) in [6.07, 6.45) is 7.02. The summed E-state index contributed by atoms with van der Waals surface area (Å²) in [7, 11) is 0. The van der Waals surface area contributed by atoms with Crippen molar-refractivity contribution in [2.45, 2.75) is 58.4 Å². The van der Waals surface area contributed by atoms with Crippen LogP contribution < -0.4 is 5.32 Å². The highest BCUT2D eigenvalue weighted by molar-refractivity contribution is 5.84. The molecule has 2 unspecified atom stereocenters. The van der Waals surface area contributed by atoms with E-state index in [2.05, 4.69) is 5.32 Å². The largest absolute Gasteiger partial charge is 0.481 e. The maximum absolute atomic E-state index is 12.7. The summed E-state index contributed by atoms with van der Waals surface area (Å²) in [5.74, 6) is 0.950. The fraction of sp³-hybridized carbons (Fsp3) is 0.875. The van der Waals surface area contributed by atoms with Crippen LogP contribution in [0.1, 0.15) is 52.4 Å². The maximum atomic E-state index is 12.7. The van der Waals surface area contributed by atoms with Crippen molar-refractivity contribution in [3.8, 4) is 0 Å². The van der Waals surface area contributed by atoms with Crippen molar-refractivity contribution in [3.05, 3.63) is 0 Å². The Hall–Kier alpha value is -1.06. The molecule has 4 aliphatic rings. The highest BCUT2D eigenvalue weighted by Crippen LogP contribution is 2.60. The first-order valence-corrected chi connectivity index (χ1v) is 7.93. The lowest BCUT2D eigenvalue weighted by Crippen LogP contribution is -2.55. The van der Waals surface area contributed by atoms with Crippen molar-refractivity contribution in [2.24, 2.45) is 29.1 Å². The van der Waals surface area contributed by atoms with Gasteiger partial charge >= 0.3 is 5.97 Å². The summed E-state index contributed by atoms with van der Waals surface area (Å²) < 4.78 is 0. The van der Waals surface area contributed by atoms with Gasteiger partial charge in [0.05, 0.1) is 5.92 Å². The smallest absolute Gasteiger partial charge is 0.308 e. The summed E-state index contributed by atoms with van der Waals surface area (Å²) in [4.78, 5) is 23.7. The molecular formula is C16H25NO3. The van der Waals surface area contributed by atoms with E-state index in [9.17, 15) is 9.59 Å². The van der Waals surface area contributed by atoms with Gasteiger partial charge in [-0.25, -0.2) is 0 Å². The van der Waals surface area contributed by atoms with Crippen LogP contribution in [0.3, 0.4) is 0 Å². The monoisotopic (exact) mass is 279 g/mol. The Kier molecular flexibility index (Phi) is 3.30. The summed E-state index contributed by atoms with van der Waals surface area (Å²) in [6, 6.07) is -0.298. The van der Waals surface area contributed by atoms with Gasteiger partial charge in [-0.3, -0.25) is 9.59 Å². The fourth-order valence-corrected chi connectivity index (χ4v) is 5.09. The first kappa shape index (κ1) is 13.9. The molecule has 1 amide bonds. The number of nitrogens with one attached hydrogen (secondary N) is 1. The second kappa shape index (κ2) is 4.74. The van der Waals surface area contributed by atoms with E-state index < -0.39 is 11.9 Å². The first-order valence-electron chi connectivity index (χ1n) is 7.93. The minimum absolute atomic E-state index is 0.122. The molecule has 112 valence electrons. The first-order chi connectivity index (χ1) is 9.39. The van der Waals surface area contributed by atoms with E-state index in [1.807, 2.05) is 0 Å². The van der Waals surface area contributed by atoms with E-state index in [0.717, 1.165) is 37.0 Å². The minimum Gasteiger partial charge on any atom is -0.481 e. The molecule has 0 aromatic carbocycles. The van der Waals surface area contributed by atoms with E-state index in [-0.39, 0.29) is 17.4 Å². The Morgan fingerprint density at radius 2 is 1.50 bits per heavy atom. The molecule has 4 fully saturated rings. The molecule has 2 atom stereocenters. The van der Waals surface area contributed by atoms with Gasteiger partial charge in [0.25, 0.3) is 0 Å². The number of hydrogen-bond donors (Lipinski definition) is 2. The number of amides is 1. The Morgan fingerprint density at radius 1 is 1.05 bits per heavy atom. The molecule has 0 aromatic heterocycles. The summed E-state index contributed by atoms with van der Waals surface area (Å²) in [5.41, 5.74) is -0.179. The van der Waals surface area contributed by atoms with Crippen LogP contribution in [0.25, 0.3) is 0 Å². The molecule has 0 aliphatic heterocycles. The van der Waals surface area contributed by atoms with Crippen molar-refractivity contribution in [1.29, 1.82) is 0 Å². The topological polar surface area (TPSA) is 66.4 Å². The molecule has 0 aromatic rings. The molecule has 4 nitrogen and oxygen atoms in total. The molecule has 2 N–H and O–H groups in total.